The molecular formula is C27H34N2O4. The van der Waals surface area contributed by atoms with E-state index < -0.39 is 6.04 Å². The number of likely N-dealkylation sites (tertiary alicyclic amines) is 1. The molecule has 1 heterocycles. The van der Waals surface area contributed by atoms with Gasteiger partial charge in [0.05, 0.1) is 7.11 Å². The van der Waals surface area contributed by atoms with Crippen molar-refractivity contribution in [3.63, 3.8) is 0 Å². The molecule has 3 rings (SSSR count). The van der Waals surface area contributed by atoms with Crippen molar-refractivity contribution in [2.24, 2.45) is 5.92 Å². The Balaban J connectivity index is 1.52. The van der Waals surface area contributed by atoms with Crippen LogP contribution in [0.4, 0.5) is 0 Å². The lowest BCUT2D eigenvalue weighted by Crippen LogP contribution is -2.49. The number of hydrogen-bond acceptors (Lipinski definition) is 4. The molecule has 0 unspecified atom stereocenters. The molecule has 1 N–H and O–H groups in total. The number of ketones is 1. The molecule has 2 amide bonds. The van der Waals surface area contributed by atoms with Crippen molar-refractivity contribution in [3.05, 3.63) is 65.2 Å². The Morgan fingerprint density at radius 3 is 2.00 bits per heavy atom. The zero-order valence-electron chi connectivity index (χ0n) is 20.2. The number of nitrogens with one attached hydrogen (secondary N) is 1. The minimum absolute atomic E-state index is 0.0130. The molecule has 1 fully saturated rings. The Morgan fingerprint density at radius 2 is 1.48 bits per heavy atom. The molecule has 0 bridgehead atoms. The van der Waals surface area contributed by atoms with Crippen LogP contribution in [0.3, 0.4) is 0 Å². The van der Waals surface area contributed by atoms with Gasteiger partial charge in [0.2, 0.25) is 5.91 Å². The topological polar surface area (TPSA) is 75.7 Å². The number of carbonyl (C=O) groups excluding carboxylic acids is 3. The maximum atomic E-state index is 12.9. The van der Waals surface area contributed by atoms with Crippen molar-refractivity contribution < 1.29 is 19.1 Å². The Hall–Kier alpha value is -3.15. The second kappa shape index (κ2) is 10.2. The predicted octanol–water partition coefficient (Wildman–Crippen LogP) is 4.23. The SMILES string of the molecule is COc1ccc(C(=O)C2CCN(C(=O)[C@@H](C)NC(=O)c3ccc(C(C)(C)C)cc3)CC2)cc1. The largest absolute Gasteiger partial charge is 0.497 e. The fourth-order valence-corrected chi connectivity index (χ4v) is 4.09. The second-order valence-corrected chi connectivity index (χ2v) is 9.71. The van der Waals surface area contributed by atoms with Gasteiger partial charge in [0.15, 0.2) is 5.78 Å². The molecule has 0 saturated carbocycles. The summed E-state index contributed by atoms with van der Waals surface area (Å²) in [6.07, 6.45) is 1.23. The molecular weight excluding hydrogens is 416 g/mol. The third-order valence-electron chi connectivity index (χ3n) is 6.28. The van der Waals surface area contributed by atoms with Gasteiger partial charge in [-0.15, -0.1) is 0 Å². The minimum Gasteiger partial charge on any atom is -0.497 e. The number of carbonyl (C=O) groups is 3. The van der Waals surface area contributed by atoms with Gasteiger partial charge in [-0.25, -0.2) is 0 Å². The molecule has 33 heavy (non-hydrogen) atoms. The lowest BCUT2D eigenvalue weighted by atomic mass is 9.86. The van der Waals surface area contributed by atoms with Crippen LogP contribution in [0, 0.1) is 5.92 Å². The number of Topliss-reactive ketones (excluding diaryl/α,β-unsaturated/α-hetero) is 1. The van der Waals surface area contributed by atoms with Crippen molar-refractivity contribution in [1.29, 1.82) is 0 Å². The van der Waals surface area contributed by atoms with Gasteiger partial charge in [0.25, 0.3) is 5.91 Å². The molecule has 176 valence electrons. The van der Waals surface area contributed by atoms with Crippen LogP contribution in [-0.4, -0.2) is 48.7 Å². The van der Waals surface area contributed by atoms with E-state index >= 15 is 0 Å². The maximum absolute atomic E-state index is 12.9. The molecule has 0 radical (unpaired) electrons. The molecule has 1 saturated heterocycles. The van der Waals surface area contributed by atoms with Crippen LogP contribution in [0.2, 0.25) is 0 Å². The lowest BCUT2D eigenvalue weighted by molar-refractivity contribution is -0.134. The lowest BCUT2D eigenvalue weighted by Gasteiger charge is -2.33. The zero-order chi connectivity index (χ0) is 24.2. The fraction of sp³-hybridized carbons (Fsp3) is 0.444. The normalized spacial score (nSPS) is 15.6. The van der Waals surface area contributed by atoms with Crippen molar-refractivity contribution >= 4 is 17.6 Å². The molecule has 1 aliphatic rings. The van der Waals surface area contributed by atoms with Gasteiger partial charge in [-0.05, 0) is 67.1 Å². The van der Waals surface area contributed by atoms with E-state index in [0.29, 0.717) is 42.8 Å². The van der Waals surface area contributed by atoms with E-state index in [-0.39, 0.29) is 28.9 Å². The third-order valence-corrected chi connectivity index (χ3v) is 6.28. The van der Waals surface area contributed by atoms with Gasteiger partial charge >= 0.3 is 0 Å². The molecule has 2 aromatic rings. The zero-order valence-corrected chi connectivity index (χ0v) is 20.2. The van der Waals surface area contributed by atoms with Crippen molar-refractivity contribution in [3.8, 4) is 5.75 Å². The summed E-state index contributed by atoms with van der Waals surface area (Å²) in [7, 11) is 1.59. The summed E-state index contributed by atoms with van der Waals surface area (Å²) in [6, 6.07) is 14.0. The summed E-state index contributed by atoms with van der Waals surface area (Å²) in [5, 5.41) is 2.81. The van der Waals surface area contributed by atoms with Crippen LogP contribution in [0.25, 0.3) is 0 Å². The molecule has 6 nitrogen and oxygen atoms in total. The van der Waals surface area contributed by atoms with Crippen LogP contribution in [-0.2, 0) is 10.2 Å². The van der Waals surface area contributed by atoms with Crippen LogP contribution < -0.4 is 10.1 Å². The average molecular weight is 451 g/mol. The number of ether oxygens (including phenoxy) is 1. The van der Waals surface area contributed by atoms with E-state index in [1.54, 1.807) is 55.3 Å². The first-order valence-electron chi connectivity index (χ1n) is 11.5. The molecule has 1 aliphatic heterocycles. The summed E-state index contributed by atoms with van der Waals surface area (Å²) in [5.74, 6) is 0.331. The molecule has 2 aromatic carbocycles. The second-order valence-electron chi connectivity index (χ2n) is 9.71. The van der Waals surface area contributed by atoms with Gasteiger partial charge in [0, 0.05) is 30.1 Å². The minimum atomic E-state index is -0.631. The summed E-state index contributed by atoms with van der Waals surface area (Å²) < 4.78 is 5.15. The van der Waals surface area contributed by atoms with E-state index in [2.05, 4.69) is 26.1 Å². The van der Waals surface area contributed by atoms with Crippen LogP contribution in [0.5, 0.6) is 5.75 Å². The van der Waals surface area contributed by atoms with Crippen LogP contribution in [0.1, 0.15) is 66.8 Å². The van der Waals surface area contributed by atoms with Crippen molar-refractivity contribution in [1.82, 2.24) is 10.2 Å². The highest BCUT2D eigenvalue weighted by molar-refractivity contribution is 5.99. The number of methoxy groups -OCH3 is 1. The Labute approximate surface area is 196 Å². The average Bonchev–Trinajstić information content (AvgIpc) is 2.82. The highest BCUT2D eigenvalue weighted by Crippen LogP contribution is 2.24. The first-order valence-corrected chi connectivity index (χ1v) is 11.5. The van der Waals surface area contributed by atoms with Gasteiger partial charge in [0.1, 0.15) is 11.8 Å². The fourth-order valence-electron chi connectivity index (χ4n) is 4.09. The highest BCUT2D eigenvalue weighted by atomic mass is 16.5. The Morgan fingerprint density at radius 1 is 0.939 bits per heavy atom. The smallest absolute Gasteiger partial charge is 0.251 e. The number of benzene rings is 2. The predicted molar refractivity (Wildman–Crippen MR) is 129 cm³/mol. The summed E-state index contributed by atoms with van der Waals surface area (Å²) in [4.78, 5) is 40.0. The number of rotatable bonds is 6. The third kappa shape index (κ3) is 6.01. The first kappa shape index (κ1) is 24.5. The highest BCUT2D eigenvalue weighted by Gasteiger charge is 2.30. The van der Waals surface area contributed by atoms with Gasteiger partial charge in [-0.3, -0.25) is 14.4 Å². The van der Waals surface area contributed by atoms with Crippen LogP contribution in [0.15, 0.2) is 48.5 Å². The van der Waals surface area contributed by atoms with E-state index in [0.717, 1.165) is 5.56 Å². The van der Waals surface area contributed by atoms with E-state index in [4.69, 9.17) is 4.74 Å². The standard InChI is InChI=1S/C27H34N2O4/c1-18(28-25(31)21-6-10-22(11-7-21)27(2,3)4)26(32)29-16-14-20(15-17-29)24(30)19-8-12-23(33-5)13-9-19/h6-13,18,20H,14-17H2,1-5H3,(H,28,31)/t18-/m1/s1. The van der Waals surface area contributed by atoms with Crippen molar-refractivity contribution in [2.75, 3.05) is 20.2 Å². The molecule has 0 spiro atoms. The quantitative estimate of drug-likeness (QED) is 0.668. The first-order chi connectivity index (χ1) is 15.6. The molecule has 0 aromatic heterocycles. The van der Waals surface area contributed by atoms with Gasteiger partial charge in [-0.1, -0.05) is 32.9 Å². The number of nitrogens with zero attached hydrogens (tertiary/aromatic N) is 1. The van der Waals surface area contributed by atoms with E-state index in [1.807, 2.05) is 12.1 Å². The van der Waals surface area contributed by atoms with Gasteiger partial charge in [-0.2, -0.15) is 0 Å². The number of amides is 2. The van der Waals surface area contributed by atoms with E-state index in [1.165, 1.54) is 0 Å². The summed E-state index contributed by atoms with van der Waals surface area (Å²) in [6.45, 7) is 9.08. The number of piperidine rings is 1. The maximum Gasteiger partial charge on any atom is 0.251 e. The van der Waals surface area contributed by atoms with Crippen molar-refractivity contribution in [2.45, 2.75) is 52.0 Å². The molecule has 0 aliphatic carbocycles. The summed E-state index contributed by atoms with van der Waals surface area (Å²) >= 11 is 0. The molecule has 6 heteroatoms. The number of hydrogen-bond donors (Lipinski definition) is 1. The Kier molecular flexibility index (Phi) is 7.57. The van der Waals surface area contributed by atoms with Gasteiger partial charge < -0.3 is 15.0 Å². The summed E-state index contributed by atoms with van der Waals surface area (Å²) in [5.41, 5.74) is 2.36. The van der Waals surface area contributed by atoms with E-state index in [9.17, 15) is 14.4 Å². The Bertz CT molecular complexity index is 982. The monoisotopic (exact) mass is 450 g/mol. The molecule has 1 atom stereocenters. The van der Waals surface area contributed by atoms with Crippen LogP contribution >= 0.6 is 0 Å².